The number of hydrogen-bond acceptors (Lipinski definition) is 2. The summed E-state index contributed by atoms with van der Waals surface area (Å²) in [5, 5.41) is 20.0. The number of para-hydroxylation sites is 1. The molecule has 3 rings (SSSR count). The highest BCUT2D eigenvalue weighted by atomic mass is 16.4. The van der Waals surface area contributed by atoms with Crippen molar-refractivity contribution in [3.05, 3.63) is 36.0 Å². The second-order valence-corrected chi connectivity index (χ2v) is 4.65. The Labute approximate surface area is 104 Å². The molecule has 18 heavy (non-hydrogen) atoms. The highest BCUT2D eigenvalue weighted by Crippen LogP contribution is 2.32. The van der Waals surface area contributed by atoms with Crippen molar-refractivity contribution < 1.29 is 15.0 Å². The first-order valence-electron chi connectivity index (χ1n) is 5.89. The summed E-state index contributed by atoms with van der Waals surface area (Å²) in [4.78, 5) is 15.3. The number of aromatic amines is 1. The number of nitrogens with one attached hydrogen (secondary N) is 1. The molecule has 5 nitrogen and oxygen atoms in total. The molecule has 0 bridgehead atoms. The minimum atomic E-state index is -0.976. The zero-order valence-corrected chi connectivity index (χ0v) is 9.71. The number of aliphatic hydroxyl groups excluding tert-OH is 1. The van der Waals surface area contributed by atoms with Crippen LogP contribution in [0.15, 0.2) is 30.5 Å². The molecule has 1 aromatic heterocycles. The second-order valence-electron chi connectivity index (χ2n) is 4.65. The van der Waals surface area contributed by atoms with Gasteiger partial charge in [0.2, 0.25) is 0 Å². The molecule has 1 fully saturated rings. The van der Waals surface area contributed by atoms with Crippen LogP contribution in [0.3, 0.4) is 0 Å². The van der Waals surface area contributed by atoms with E-state index in [9.17, 15) is 9.90 Å². The number of likely N-dealkylation sites (tertiary alicyclic amines) is 1. The number of carboxylic acid groups (broad SMARTS) is 1. The van der Waals surface area contributed by atoms with Crippen molar-refractivity contribution in [3.8, 4) is 0 Å². The maximum absolute atomic E-state index is 10.9. The minimum Gasteiger partial charge on any atom is -0.465 e. The van der Waals surface area contributed by atoms with Crippen molar-refractivity contribution in [2.45, 2.75) is 12.0 Å². The van der Waals surface area contributed by atoms with Crippen LogP contribution in [-0.2, 0) is 0 Å². The Balaban J connectivity index is 1.98. The van der Waals surface area contributed by atoms with E-state index in [-0.39, 0.29) is 12.5 Å². The third-order valence-corrected chi connectivity index (χ3v) is 3.58. The summed E-state index contributed by atoms with van der Waals surface area (Å²) in [5.74, 6) is -0.155. The predicted molar refractivity (Wildman–Crippen MR) is 66.6 cm³/mol. The first-order chi connectivity index (χ1) is 8.66. The van der Waals surface area contributed by atoms with Crippen molar-refractivity contribution in [1.82, 2.24) is 9.88 Å². The number of hydrogen-bond donors (Lipinski definition) is 3. The van der Waals surface area contributed by atoms with Crippen molar-refractivity contribution in [2.24, 2.45) is 0 Å². The normalized spacial score (nSPS) is 23.7. The smallest absolute Gasteiger partial charge is 0.407 e. The van der Waals surface area contributed by atoms with E-state index in [4.69, 9.17) is 5.11 Å². The number of nitrogens with zero attached hydrogens (tertiary/aromatic N) is 1. The maximum atomic E-state index is 10.9. The minimum absolute atomic E-state index is 0.155. The average molecular weight is 246 g/mol. The highest BCUT2D eigenvalue weighted by molar-refractivity contribution is 5.84. The Bertz CT molecular complexity index is 593. The van der Waals surface area contributed by atoms with Gasteiger partial charge in [0.15, 0.2) is 0 Å². The number of aliphatic hydroxyl groups is 1. The Morgan fingerprint density at radius 3 is 2.83 bits per heavy atom. The number of carbonyl (C=O) groups is 1. The van der Waals surface area contributed by atoms with Crippen LogP contribution in [0.2, 0.25) is 0 Å². The lowest BCUT2D eigenvalue weighted by molar-refractivity contribution is 0.138. The van der Waals surface area contributed by atoms with Crippen molar-refractivity contribution in [2.75, 3.05) is 13.1 Å². The number of aromatic nitrogens is 1. The summed E-state index contributed by atoms with van der Waals surface area (Å²) in [7, 11) is 0. The molecule has 2 heterocycles. The lowest BCUT2D eigenvalue weighted by Gasteiger charge is -2.12. The number of amides is 1. The molecule has 1 aliphatic rings. The number of rotatable bonds is 1. The van der Waals surface area contributed by atoms with E-state index in [2.05, 4.69) is 4.98 Å². The monoisotopic (exact) mass is 246 g/mol. The van der Waals surface area contributed by atoms with E-state index in [0.29, 0.717) is 6.54 Å². The van der Waals surface area contributed by atoms with Gasteiger partial charge in [-0.25, -0.2) is 4.79 Å². The summed E-state index contributed by atoms with van der Waals surface area (Å²) in [6, 6.07) is 7.83. The van der Waals surface area contributed by atoms with E-state index >= 15 is 0 Å². The summed E-state index contributed by atoms with van der Waals surface area (Å²) >= 11 is 0. The first kappa shape index (κ1) is 11.1. The van der Waals surface area contributed by atoms with Crippen LogP contribution >= 0.6 is 0 Å². The Kier molecular flexibility index (Phi) is 2.48. The van der Waals surface area contributed by atoms with Crippen LogP contribution in [0.4, 0.5) is 4.79 Å². The van der Waals surface area contributed by atoms with E-state index in [0.717, 1.165) is 16.5 Å². The second kappa shape index (κ2) is 4.03. The Morgan fingerprint density at radius 1 is 1.33 bits per heavy atom. The molecule has 1 aliphatic heterocycles. The topological polar surface area (TPSA) is 76.6 Å². The molecule has 0 spiro atoms. The van der Waals surface area contributed by atoms with Crippen LogP contribution in [0.25, 0.3) is 10.9 Å². The van der Waals surface area contributed by atoms with Crippen LogP contribution in [-0.4, -0.2) is 45.4 Å². The molecule has 94 valence electrons. The molecular formula is C13H14N2O3. The summed E-state index contributed by atoms with van der Waals surface area (Å²) < 4.78 is 0. The fraction of sp³-hybridized carbons (Fsp3) is 0.308. The molecule has 1 saturated heterocycles. The van der Waals surface area contributed by atoms with Gasteiger partial charge in [-0.05, 0) is 11.6 Å². The van der Waals surface area contributed by atoms with Gasteiger partial charge in [0.1, 0.15) is 0 Å². The summed E-state index contributed by atoms with van der Waals surface area (Å²) in [6.45, 7) is 0.526. The molecular weight excluding hydrogens is 232 g/mol. The summed E-state index contributed by atoms with van der Waals surface area (Å²) in [6.07, 6.45) is 0.251. The molecule has 1 aromatic carbocycles. The van der Waals surface area contributed by atoms with Crippen LogP contribution < -0.4 is 0 Å². The quantitative estimate of drug-likeness (QED) is 0.715. The van der Waals surface area contributed by atoms with E-state index in [1.165, 1.54) is 4.90 Å². The molecule has 0 saturated carbocycles. The lowest BCUT2D eigenvalue weighted by atomic mass is 9.96. The third kappa shape index (κ3) is 1.64. The molecule has 1 amide bonds. The SMILES string of the molecule is O=C(O)N1CC(O)C(c2c[nH]c3ccccc23)C1. The number of β-amino-alcohol motifs (C(OH)–C–C–N with tert-alkyl or cyclic N) is 1. The Morgan fingerprint density at radius 2 is 2.11 bits per heavy atom. The number of H-pyrrole nitrogens is 1. The number of fused-ring (bicyclic) bond motifs is 1. The average Bonchev–Trinajstić information content (AvgIpc) is 2.92. The standard InChI is InChI=1S/C13H14N2O3/c16-12-7-15(13(17)18)6-10(12)9-5-14-11-4-2-1-3-8(9)11/h1-5,10,12,14,16H,6-7H2,(H,17,18). The molecule has 2 atom stereocenters. The zero-order valence-electron chi connectivity index (χ0n) is 9.71. The molecule has 2 aromatic rings. The van der Waals surface area contributed by atoms with Crippen molar-refractivity contribution in [1.29, 1.82) is 0 Å². The molecule has 3 N–H and O–H groups in total. The van der Waals surface area contributed by atoms with Crippen molar-refractivity contribution >= 4 is 17.0 Å². The Hall–Kier alpha value is -2.01. The number of benzene rings is 1. The van der Waals surface area contributed by atoms with Gasteiger partial charge in [0, 0.05) is 29.6 Å². The van der Waals surface area contributed by atoms with E-state index in [1.54, 1.807) is 0 Å². The van der Waals surface area contributed by atoms with Crippen molar-refractivity contribution in [3.63, 3.8) is 0 Å². The van der Waals surface area contributed by atoms with Crippen LogP contribution in [0.5, 0.6) is 0 Å². The lowest BCUT2D eigenvalue weighted by Crippen LogP contribution is -2.27. The fourth-order valence-corrected chi connectivity index (χ4v) is 2.65. The first-order valence-corrected chi connectivity index (χ1v) is 5.89. The predicted octanol–water partition coefficient (Wildman–Crippen LogP) is 1.61. The van der Waals surface area contributed by atoms with Gasteiger partial charge < -0.3 is 20.1 Å². The zero-order chi connectivity index (χ0) is 12.7. The van der Waals surface area contributed by atoms with Gasteiger partial charge in [-0.15, -0.1) is 0 Å². The summed E-state index contributed by atoms with van der Waals surface area (Å²) in [5.41, 5.74) is 2.00. The van der Waals surface area contributed by atoms with Gasteiger partial charge in [-0.2, -0.15) is 0 Å². The molecule has 5 heteroatoms. The van der Waals surface area contributed by atoms with Gasteiger partial charge in [0.05, 0.1) is 12.6 Å². The largest absolute Gasteiger partial charge is 0.465 e. The van der Waals surface area contributed by atoms with Gasteiger partial charge >= 0.3 is 6.09 Å². The molecule has 2 unspecified atom stereocenters. The van der Waals surface area contributed by atoms with Crippen LogP contribution in [0.1, 0.15) is 11.5 Å². The third-order valence-electron chi connectivity index (χ3n) is 3.58. The molecule has 0 aliphatic carbocycles. The van der Waals surface area contributed by atoms with Gasteiger partial charge in [-0.1, -0.05) is 18.2 Å². The molecule has 0 radical (unpaired) electrons. The van der Waals surface area contributed by atoms with E-state index < -0.39 is 12.2 Å². The van der Waals surface area contributed by atoms with Gasteiger partial charge in [0.25, 0.3) is 0 Å². The van der Waals surface area contributed by atoms with E-state index in [1.807, 2.05) is 30.5 Å². The fourth-order valence-electron chi connectivity index (χ4n) is 2.65. The highest BCUT2D eigenvalue weighted by Gasteiger charge is 2.36. The van der Waals surface area contributed by atoms with Crippen LogP contribution in [0, 0.1) is 0 Å². The maximum Gasteiger partial charge on any atom is 0.407 e. The van der Waals surface area contributed by atoms with Gasteiger partial charge in [-0.3, -0.25) is 0 Å².